The van der Waals surface area contributed by atoms with Crippen molar-refractivity contribution in [1.82, 2.24) is 0 Å². The fraction of sp³-hybridized carbons (Fsp3) is 0.300. The number of para-hydroxylation sites is 1. The topological polar surface area (TPSA) is 69.2 Å². The molecule has 1 aliphatic heterocycles. The minimum absolute atomic E-state index is 0.216. The van der Waals surface area contributed by atoms with Gasteiger partial charge in [0, 0.05) is 17.7 Å². The van der Waals surface area contributed by atoms with Gasteiger partial charge in [-0.25, -0.2) is 0 Å². The molecule has 6 nitrogen and oxygen atoms in total. The quantitative estimate of drug-likeness (QED) is 0.863. The van der Waals surface area contributed by atoms with Gasteiger partial charge >= 0.3 is 0 Å². The van der Waals surface area contributed by atoms with Crippen molar-refractivity contribution in [2.75, 3.05) is 19.5 Å². The normalized spacial score (nSPS) is 15.8. The summed E-state index contributed by atoms with van der Waals surface area (Å²) in [6.45, 7) is 2.05. The summed E-state index contributed by atoms with van der Waals surface area (Å²) in [5.74, 6) is 1.13. The van der Waals surface area contributed by atoms with Crippen LogP contribution in [0.15, 0.2) is 47.6 Å². The third kappa shape index (κ3) is 3.64. The number of benzene rings is 2. The molecular weight excluding hydrogens is 332 g/mol. The van der Waals surface area contributed by atoms with Crippen LogP contribution in [-0.4, -0.2) is 31.9 Å². The van der Waals surface area contributed by atoms with Crippen LogP contribution in [0.5, 0.6) is 11.5 Å². The number of anilines is 1. The average Bonchev–Trinajstić information content (AvgIpc) is 3.18. The van der Waals surface area contributed by atoms with Crippen LogP contribution < -0.4 is 14.8 Å². The summed E-state index contributed by atoms with van der Waals surface area (Å²) in [6.07, 6.45) is 0.528. The number of aryl methyl sites for hydroxylation is 1. The summed E-state index contributed by atoms with van der Waals surface area (Å²) in [5, 5.41) is 7.03. The van der Waals surface area contributed by atoms with E-state index in [0.717, 1.165) is 23.2 Å². The maximum absolute atomic E-state index is 12.6. The molecule has 1 amide bonds. The van der Waals surface area contributed by atoms with Crippen molar-refractivity contribution in [3.63, 3.8) is 0 Å². The highest BCUT2D eigenvalue weighted by Crippen LogP contribution is 2.29. The summed E-state index contributed by atoms with van der Waals surface area (Å²) in [4.78, 5) is 18.0. The Labute approximate surface area is 152 Å². The van der Waals surface area contributed by atoms with Crippen LogP contribution >= 0.6 is 0 Å². The van der Waals surface area contributed by atoms with Crippen molar-refractivity contribution in [2.45, 2.75) is 25.9 Å². The largest absolute Gasteiger partial charge is 0.497 e. The number of carbonyl (C=O) groups is 1. The Bertz CT molecular complexity index is 832. The fourth-order valence-electron chi connectivity index (χ4n) is 2.88. The molecule has 0 bridgehead atoms. The van der Waals surface area contributed by atoms with Crippen molar-refractivity contribution < 1.29 is 19.1 Å². The van der Waals surface area contributed by atoms with Crippen LogP contribution in [0, 0.1) is 0 Å². The predicted molar refractivity (Wildman–Crippen MR) is 100 cm³/mol. The summed E-state index contributed by atoms with van der Waals surface area (Å²) < 4.78 is 10.6. The number of hydrogen-bond acceptors (Lipinski definition) is 5. The van der Waals surface area contributed by atoms with Crippen LogP contribution in [0.2, 0.25) is 0 Å². The Morgan fingerprint density at radius 1 is 1.23 bits per heavy atom. The van der Waals surface area contributed by atoms with E-state index in [1.165, 1.54) is 0 Å². The van der Waals surface area contributed by atoms with E-state index in [0.29, 0.717) is 23.6 Å². The minimum Gasteiger partial charge on any atom is -0.497 e. The van der Waals surface area contributed by atoms with Gasteiger partial charge in [0.15, 0.2) is 0 Å². The molecule has 0 saturated heterocycles. The highest BCUT2D eigenvalue weighted by Gasteiger charge is 2.30. The van der Waals surface area contributed by atoms with Gasteiger partial charge in [0.05, 0.1) is 19.9 Å². The molecule has 0 aromatic heterocycles. The summed E-state index contributed by atoms with van der Waals surface area (Å²) in [7, 11) is 3.19. The van der Waals surface area contributed by atoms with Gasteiger partial charge in [-0.1, -0.05) is 30.3 Å². The molecule has 1 aliphatic rings. The molecule has 0 radical (unpaired) electrons. The summed E-state index contributed by atoms with van der Waals surface area (Å²) in [5.41, 5.74) is 3.30. The van der Waals surface area contributed by atoms with Gasteiger partial charge in [0.1, 0.15) is 11.5 Å². The van der Waals surface area contributed by atoms with E-state index in [-0.39, 0.29) is 5.91 Å². The molecule has 1 atom stereocenters. The van der Waals surface area contributed by atoms with E-state index >= 15 is 0 Å². The number of oxime groups is 1. The van der Waals surface area contributed by atoms with Crippen LogP contribution in [0.25, 0.3) is 0 Å². The number of hydrogen-bond donors (Lipinski definition) is 1. The van der Waals surface area contributed by atoms with Gasteiger partial charge in [-0.15, -0.1) is 0 Å². The van der Waals surface area contributed by atoms with Gasteiger partial charge in [-0.3, -0.25) is 4.79 Å². The number of nitrogens with zero attached hydrogens (tertiary/aromatic N) is 1. The smallest absolute Gasteiger partial charge is 0.268 e. The van der Waals surface area contributed by atoms with E-state index in [1.54, 1.807) is 14.2 Å². The first kappa shape index (κ1) is 17.8. The van der Waals surface area contributed by atoms with Crippen molar-refractivity contribution in [3.8, 4) is 11.5 Å². The Hall–Kier alpha value is -3.02. The summed E-state index contributed by atoms with van der Waals surface area (Å²) in [6, 6.07) is 13.2. The predicted octanol–water partition coefficient (Wildman–Crippen LogP) is 3.40. The third-order valence-corrected chi connectivity index (χ3v) is 4.33. The zero-order chi connectivity index (χ0) is 18.5. The molecule has 136 valence electrons. The van der Waals surface area contributed by atoms with Gasteiger partial charge in [-0.05, 0) is 36.2 Å². The zero-order valence-corrected chi connectivity index (χ0v) is 15.1. The highest BCUT2D eigenvalue weighted by atomic mass is 16.6. The molecule has 1 N–H and O–H groups in total. The van der Waals surface area contributed by atoms with Crippen LogP contribution in [-0.2, 0) is 16.1 Å². The van der Waals surface area contributed by atoms with E-state index in [9.17, 15) is 4.79 Å². The molecule has 1 heterocycles. The standard InChI is InChI=1S/C20H22N2O4/c1-4-13-7-5-6-8-16(13)21-20(23)19-12-17(22-26-19)15-11-14(24-2)9-10-18(15)25-3/h5-11,19H,4,12H2,1-3H3,(H,21,23). The molecule has 3 rings (SSSR count). The number of carbonyl (C=O) groups excluding carboxylic acids is 1. The van der Waals surface area contributed by atoms with Crippen LogP contribution in [0.1, 0.15) is 24.5 Å². The maximum Gasteiger partial charge on any atom is 0.268 e. The third-order valence-electron chi connectivity index (χ3n) is 4.33. The lowest BCUT2D eigenvalue weighted by Crippen LogP contribution is -2.28. The highest BCUT2D eigenvalue weighted by molar-refractivity contribution is 6.07. The molecule has 0 aliphatic carbocycles. The van der Waals surface area contributed by atoms with Gasteiger partial charge < -0.3 is 19.6 Å². The molecule has 2 aromatic carbocycles. The Morgan fingerprint density at radius 3 is 2.77 bits per heavy atom. The van der Waals surface area contributed by atoms with Crippen molar-refractivity contribution in [3.05, 3.63) is 53.6 Å². The lowest BCUT2D eigenvalue weighted by Gasteiger charge is -2.13. The van der Waals surface area contributed by atoms with Crippen molar-refractivity contribution in [1.29, 1.82) is 0 Å². The molecule has 1 unspecified atom stereocenters. The van der Waals surface area contributed by atoms with E-state index in [2.05, 4.69) is 10.5 Å². The van der Waals surface area contributed by atoms with Crippen LogP contribution in [0.4, 0.5) is 5.69 Å². The van der Waals surface area contributed by atoms with Crippen molar-refractivity contribution >= 4 is 17.3 Å². The molecule has 0 spiro atoms. The van der Waals surface area contributed by atoms with Gasteiger partial charge in [-0.2, -0.15) is 0 Å². The van der Waals surface area contributed by atoms with Gasteiger partial charge in [0.2, 0.25) is 6.10 Å². The fourth-order valence-corrected chi connectivity index (χ4v) is 2.88. The molecule has 26 heavy (non-hydrogen) atoms. The number of amides is 1. The monoisotopic (exact) mass is 354 g/mol. The molecule has 0 saturated carbocycles. The van der Waals surface area contributed by atoms with Gasteiger partial charge in [0.25, 0.3) is 5.91 Å². The second kappa shape index (κ2) is 7.91. The number of ether oxygens (including phenoxy) is 2. The first-order chi connectivity index (χ1) is 12.7. The van der Waals surface area contributed by atoms with Crippen molar-refractivity contribution in [2.24, 2.45) is 5.16 Å². The van der Waals surface area contributed by atoms with E-state index in [1.807, 2.05) is 49.4 Å². The number of methoxy groups -OCH3 is 2. The Morgan fingerprint density at radius 2 is 2.04 bits per heavy atom. The molecule has 6 heteroatoms. The Balaban J connectivity index is 1.73. The number of rotatable bonds is 6. The molecule has 2 aromatic rings. The lowest BCUT2D eigenvalue weighted by molar-refractivity contribution is -0.125. The zero-order valence-electron chi connectivity index (χ0n) is 15.1. The maximum atomic E-state index is 12.6. The average molecular weight is 354 g/mol. The summed E-state index contributed by atoms with van der Waals surface area (Å²) >= 11 is 0. The Kier molecular flexibility index (Phi) is 5.41. The molecular formula is C20H22N2O4. The minimum atomic E-state index is -0.675. The SMILES string of the molecule is CCc1ccccc1NC(=O)C1CC(c2cc(OC)ccc2OC)=NO1. The van der Waals surface area contributed by atoms with Crippen LogP contribution in [0.3, 0.4) is 0 Å². The lowest BCUT2D eigenvalue weighted by atomic mass is 10.0. The molecule has 0 fully saturated rings. The first-order valence-corrected chi connectivity index (χ1v) is 8.50. The second-order valence-electron chi connectivity index (χ2n) is 5.90. The van der Waals surface area contributed by atoms with E-state index < -0.39 is 6.10 Å². The first-order valence-electron chi connectivity index (χ1n) is 8.50. The van der Waals surface area contributed by atoms with E-state index in [4.69, 9.17) is 14.3 Å². The number of nitrogens with one attached hydrogen (secondary N) is 1. The second-order valence-corrected chi connectivity index (χ2v) is 5.90.